The van der Waals surface area contributed by atoms with Gasteiger partial charge in [0.1, 0.15) is 5.82 Å². The molecule has 2 N–H and O–H groups in total. The Morgan fingerprint density at radius 3 is 2.33 bits per heavy atom. The van der Waals surface area contributed by atoms with Gasteiger partial charge in [0.25, 0.3) is 5.78 Å². The van der Waals surface area contributed by atoms with Crippen molar-refractivity contribution < 1.29 is 22.4 Å². The van der Waals surface area contributed by atoms with Crippen molar-refractivity contribution in [1.29, 1.82) is 0 Å². The molecule has 0 aliphatic heterocycles. The molecular formula is C9H7F4NO. The van der Waals surface area contributed by atoms with Crippen LogP contribution in [-0.2, 0) is 0 Å². The van der Waals surface area contributed by atoms with E-state index in [1.165, 1.54) is 13.0 Å². The summed E-state index contributed by atoms with van der Waals surface area (Å²) in [5.74, 6) is -3.49. The highest BCUT2D eigenvalue weighted by molar-refractivity contribution is 6.04. The predicted octanol–water partition coefficient (Wildman–Crippen LogP) is 2.46. The van der Waals surface area contributed by atoms with Gasteiger partial charge in [-0.1, -0.05) is 6.07 Å². The zero-order valence-corrected chi connectivity index (χ0v) is 7.65. The highest BCUT2D eigenvalue weighted by atomic mass is 19.4. The molecule has 0 amide bonds. The molecule has 6 heteroatoms. The number of carbonyl (C=O) groups excluding carboxylic acids is 1. The van der Waals surface area contributed by atoms with Crippen LogP contribution in [-0.4, -0.2) is 12.0 Å². The summed E-state index contributed by atoms with van der Waals surface area (Å²) in [5.41, 5.74) is 3.45. The molecule has 0 heterocycles. The van der Waals surface area contributed by atoms with Gasteiger partial charge in [-0.2, -0.15) is 13.2 Å². The summed E-state index contributed by atoms with van der Waals surface area (Å²) < 4.78 is 49.4. The van der Waals surface area contributed by atoms with Crippen LogP contribution in [0.5, 0.6) is 0 Å². The van der Waals surface area contributed by atoms with Crippen molar-refractivity contribution >= 4 is 11.5 Å². The summed E-state index contributed by atoms with van der Waals surface area (Å²) in [6, 6.07) is 2.27. The molecule has 0 radical (unpaired) electrons. The monoisotopic (exact) mass is 221 g/mol. The first-order chi connectivity index (χ1) is 6.75. The summed E-state index contributed by atoms with van der Waals surface area (Å²) in [4.78, 5) is 10.8. The van der Waals surface area contributed by atoms with Crippen LogP contribution in [0.2, 0.25) is 0 Å². The Balaban J connectivity index is 3.38. The smallest absolute Gasteiger partial charge is 0.398 e. The lowest BCUT2D eigenvalue weighted by Gasteiger charge is -2.10. The highest BCUT2D eigenvalue weighted by Crippen LogP contribution is 2.28. The number of rotatable bonds is 1. The second-order valence-corrected chi connectivity index (χ2v) is 2.99. The van der Waals surface area contributed by atoms with Gasteiger partial charge in [0.15, 0.2) is 0 Å². The first-order valence-electron chi connectivity index (χ1n) is 3.91. The van der Waals surface area contributed by atoms with E-state index in [2.05, 4.69) is 0 Å². The Kier molecular flexibility index (Phi) is 2.70. The number of ketones is 1. The molecular weight excluding hydrogens is 214 g/mol. The molecule has 0 saturated heterocycles. The van der Waals surface area contributed by atoms with Crippen LogP contribution in [0.25, 0.3) is 0 Å². The minimum atomic E-state index is -5.12. The molecule has 0 unspecified atom stereocenters. The third-order valence-electron chi connectivity index (χ3n) is 1.85. The molecule has 0 spiro atoms. The summed E-state index contributed by atoms with van der Waals surface area (Å²) in [5, 5.41) is 0. The van der Waals surface area contributed by atoms with Crippen LogP contribution in [0.4, 0.5) is 23.2 Å². The van der Waals surface area contributed by atoms with Gasteiger partial charge in [0.2, 0.25) is 0 Å². The number of benzene rings is 1. The normalized spacial score (nSPS) is 11.5. The number of hydrogen-bond donors (Lipinski definition) is 1. The molecule has 0 saturated carbocycles. The fourth-order valence-electron chi connectivity index (χ4n) is 1.07. The molecule has 1 aromatic carbocycles. The van der Waals surface area contributed by atoms with Crippen LogP contribution in [0.3, 0.4) is 0 Å². The molecule has 1 rings (SSSR count). The summed E-state index contributed by atoms with van der Waals surface area (Å²) in [6.45, 7) is 1.25. The highest BCUT2D eigenvalue weighted by Gasteiger charge is 2.42. The van der Waals surface area contributed by atoms with E-state index in [0.29, 0.717) is 0 Å². The van der Waals surface area contributed by atoms with Crippen molar-refractivity contribution in [2.24, 2.45) is 0 Å². The van der Waals surface area contributed by atoms with Crippen molar-refractivity contribution in [3.63, 3.8) is 0 Å². The lowest BCUT2D eigenvalue weighted by Crippen LogP contribution is -2.25. The zero-order chi connectivity index (χ0) is 11.8. The Morgan fingerprint density at radius 1 is 1.33 bits per heavy atom. The fourth-order valence-corrected chi connectivity index (χ4v) is 1.07. The van der Waals surface area contributed by atoms with Gasteiger partial charge in [-0.25, -0.2) is 4.39 Å². The zero-order valence-electron chi connectivity index (χ0n) is 7.65. The maximum Gasteiger partial charge on any atom is 0.455 e. The van der Waals surface area contributed by atoms with Gasteiger partial charge in [-0.05, 0) is 18.6 Å². The average molecular weight is 221 g/mol. The number of aryl methyl sites for hydroxylation is 1. The van der Waals surface area contributed by atoms with Gasteiger partial charge < -0.3 is 5.73 Å². The van der Waals surface area contributed by atoms with E-state index in [0.717, 1.165) is 6.07 Å². The van der Waals surface area contributed by atoms with Gasteiger partial charge >= 0.3 is 6.18 Å². The lowest BCUT2D eigenvalue weighted by molar-refractivity contribution is -0.0887. The standard InChI is InChI=1S/C9H7F4NO/c1-4-2-3-5(14)6(7(4)10)8(15)9(11,12)13/h2-3H,14H2,1H3. The Hall–Kier alpha value is -1.59. The van der Waals surface area contributed by atoms with E-state index in [4.69, 9.17) is 5.73 Å². The maximum absolute atomic E-state index is 13.2. The molecule has 0 aliphatic rings. The fraction of sp³-hybridized carbons (Fsp3) is 0.222. The van der Waals surface area contributed by atoms with E-state index in [9.17, 15) is 22.4 Å². The number of nitrogens with two attached hydrogens (primary N) is 1. The van der Waals surface area contributed by atoms with Gasteiger partial charge in [-0.3, -0.25) is 4.79 Å². The molecule has 2 nitrogen and oxygen atoms in total. The number of halogens is 4. The topological polar surface area (TPSA) is 43.1 Å². The largest absolute Gasteiger partial charge is 0.455 e. The van der Waals surface area contributed by atoms with Crippen molar-refractivity contribution in [2.45, 2.75) is 13.1 Å². The molecule has 0 aliphatic carbocycles. The van der Waals surface area contributed by atoms with Gasteiger partial charge in [0, 0.05) is 5.69 Å². The van der Waals surface area contributed by atoms with Gasteiger partial charge in [-0.15, -0.1) is 0 Å². The number of carbonyl (C=O) groups is 1. The number of Topliss-reactive ketones (excluding diaryl/α,β-unsaturated/α-hetero) is 1. The van der Waals surface area contributed by atoms with E-state index < -0.39 is 29.0 Å². The predicted molar refractivity (Wildman–Crippen MR) is 45.9 cm³/mol. The number of hydrogen-bond acceptors (Lipinski definition) is 2. The van der Waals surface area contributed by atoms with Crippen molar-refractivity contribution in [2.75, 3.05) is 5.73 Å². The first-order valence-corrected chi connectivity index (χ1v) is 3.91. The molecule has 0 aromatic heterocycles. The molecule has 0 fully saturated rings. The van der Waals surface area contributed by atoms with Crippen molar-refractivity contribution in [3.05, 3.63) is 29.1 Å². The summed E-state index contributed by atoms with van der Waals surface area (Å²) in [6.07, 6.45) is -5.12. The average Bonchev–Trinajstić information content (AvgIpc) is 2.10. The minimum Gasteiger partial charge on any atom is -0.398 e. The third kappa shape index (κ3) is 2.08. The number of alkyl halides is 3. The Morgan fingerprint density at radius 2 is 1.87 bits per heavy atom. The molecule has 0 bridgehead atoms. The SMILES string of the molecule is Cc1ccc(N)c(C(=O)C(F)(F)F)c1F. The van der Waals surface area contributed by atoms with E-state index in [1.54, 1.807) is 0 Å². The second-order valence-electron chi connectivity index (χ2n) is 2.99. The second kappa shape index (κ2) is 3.52. The van der Waals surface area contributed by atoms with Crippen LogP contribution in [0, 0.1) is 12.7 Å². The van der Waals surface area contributed by atoms with Crippen molar-refractivity contribution in [1.82, 2.24) is 0 Å². The van der Waals surface area contributed by atoms with E-state index in [1.807, 2.05) is 0 Å². The van der Waals surface area contributed by atoms with E-state index >= 15 is 0 Å². The Bertz CT molecular complexity index is 411. The lowest BCUT2D eigenvalue weighted by atomic mass is 10.0. The minimum absolute atomic E-state index is 0.0585. The summed E-state index contributed by atoms with van der Waals surface area (Å²) >= 11 is 0. The van der Waals surface area contributed by atoms with E-state index in [-0.39, 0.29) is 5.56 Å². The van der Waals surface area contributed by atoms with Crippen LogP contribution < -0.4 is 5.73 Å². The van der Waals surface area contributed by atoms with Gasteiger partial charge in [0.05, 0.1) is 5.56 Å². The molecule has 82 valence electrons. The molecule has 1 aromatic rings. The number of nitrogen functional groups attached to an aromatic ring is 1. The van der Waals surface area contributed by atoms with Crippen LogP contribution in [0.15, 0.2) is 12.1 Å². The molecule has 0 atom stereocenters. The third-order valence-corrected chi connectivity index (χ3v) is 1.85. The Labute approximate surface area is 82.7 Å². The quantitative estimate of drug-likeness (QED) is 0.449. The van der Waals surface area contributed by atoms with Crippen molar-refractivity contribution in [3.8, 4) is 0 Å². The van der Waals surface area contributed by atoms with Crippen LogP contribution >= 0.6 is 0 Å². The maximum atomic E-state index is 13.2. The van der Waals surface area contributed by atoms with Crippen LogP contribution in [0.1, 0.15) is 15.9 Å². The molecule has 15 heavy (non-hydrogen) atoms. The number of anilines is 1. The first kappa shape index (κ1) is 11.5. The summed E-state index contributed by atoms with van der Waals surface area (Å²) in [7, 11) is 0.